The molecular weight excluding hydrogens is 472 g/mol. The predicted octanol–water partition coefficient (Wildman–Crippen LogP) is 1.66. The van der Waals surface area contributed by atoms with Gasteiger partial charge in [0.15, 0.2) is 5.60 Å². The van der Waals surface area contributed by atoms with E-state index >= 15 is 0 Å². The van der Waals surface area contributed by atoms with Gasteiger partial charge in [-0.2, -0.15) is 8.42 Å². The molecule has 3 heterocycles. The lowest BCUT2D eigenvalue weighted by Crippen LogP contribution is -2.35. The van der Waals surface area contributed by atoms with E-state index in [2.05, 4.69) is 10.1 Å². The first kappa shape index (κ1) is 22.7. The van der Waals surface area contributed by atoms with Crippen LogP contribution in [0, 0.1) is 0 Å². The Morgan fingerprint density at radius 2 is 1.71 bits per heavy atom. The normalized spacial score (nSPS) is 17.6. The molecule has 2 aromatic heterocycles. The molecule has 0 bridgehead atoms. The SMILES string of the molecule is C[C@]1(O)C(=O)N(c2cncc(Cc3nn(OS(C)(=O)=O)c(=O)c4ccccc34)c2)c2ccccc21. The minimum atomic E-state index is -4.00. The number of aromatic nitrogens is 3. The molecule has 10 nitrogen and oxygen atoms in total. The van der Waals surface area contributed by atoms with Crippen LogP contribution in [0.15, 0.2) is 71.8 Å². The van der Waals surface area contributed by atoms with Gasteiger partial charge >= 0.3 is 15.7 Å². The molecule has 11 heteroatoms. The van der Waals surface area contributed by atoms with Crippen LogP contribution in [0.25, 0.3) is 10.8 Å². The first-order chi connectivity index (χ1) is 16.6. The zero-order valence-corrected chi connectivity index (χ0v) is 19.6. The van der Waals surface area contributed by atoms with Crippen molar-refractivity contribution >= 4 is 38.2 Å². The highest BCUT2D eigenvalue weighted by Gasteiger charge is 2.46. The number of amides is 1. The Balaban J connectivity index is 1.59. The summed E-state index contributed by atoms with van der Waals surface area (Å²) in [5, 5.41) is 15.7. The number of anilines is 2. The third kappa shape index (κ3) is 3.94. The number of pyridine rings is 1. The number of rotatable bonds is 5. The topological polar surface area (TPSA) is 132 Å². The summed E-state index contributed by atoms with van der Waals surface area (Å²) in [6.07, 6.45) is 4.08. The third-order valence-corrected chi connectivity index (χ3v) is 6.17. The maximum Gasteiger partial charge on any atom is 0.325 e. The molecule has 0 aliphatic carbocycles. The maximum atomic E-state index is 13.1. The summed E-state index contributed by atoms with van der Waals surface area (Å²) in [4.78, 5) is 31.9. The van der Waals surface area contributed by atoms with E-state index in [0.29, 0.717) is 38.4 Å². The lowest BCUT2D eigenvalue weighted by molar-refractivity contribution is -0.133. The molecule has 1 N–H and O–H groups in total. The first-order valence-corrected chi connectivity index (χ1v) is 12.4. The molecule has 1 atom stereocenters. The molecule has 5 rings (SSSR count). The summed E-state index contributed by atoms with van der Waals surface area (Å²) in [5.41, 5.74) is 0.131. The Labute approximate surface area is 200 Å². The fourth-order valence-electron chi connectivity index (χ4n) is 4.21. The van der Waals surface area contributed by atoms with Gasteiger partial charge in [-0.3, -0.25) is 23.8 Å². The molecule has 0 unspecified atom stereocenters. The molecule has 35 heavy (non-hydrogen) atoms. The Hall–Kier alpha value is -4.09. The Bertz CT molecular complexity index is 1660. The van der Waals surface area contributed by atoms with Crippen molar-refractivity contribution in [1.82, 2.24) is 14.9 Å². The standard InChI is InChI=1S/C24H20N4O6S/c1-24(31)19-9-5-6-10-21(19)27(23(24)30)16-11-15(13-25-14-16)12-20-17-7-3-4-8-18(17)22(29)28(26-20)34-35(2,32)33/h3-11,13-14,31H,12H2,1-2H3/t24-/m1/s1. The Morgan fingerprint density at radius 3 is 2.46 bits per heavy atom. The van der Waals surface area contributed by atoms with Gasteiger partial charge in [0.25, 0.3) is 5.91 Å². The van der Waals surface area contributed by atoms with Crippen molar-refractivity contribution in [3.8, 4) is 0 Å². The molecule has 0 radical (unpaired) electrons. The van der Waals surface area contributed by atoms with E-state index < -0.39 is 27.2 Å². The summed E-state index contributed by atoms with van der Waals surface area (Å²) in [6.45, 7) is 1.45. The lowest BCUT2D eigenvalue weighted by atomic mass is 9.98. The van der Waals surface area contributed by atoms with Gasteiger partial charge in [0.05, 0.1) is 34.9 Å². The second-order valence-corrected chi connectivity index (χ2v) is 9.96. The molecular formula is C24H20N4O6S. The summed E-state index contributed by atoms with van der Waals surface area (Å²) in [7, 11) is -4.00. The number of carbonyl (C=O) groups excluding carboxylic acids is 1. The van der Waals surface area contributed by atoms with Gasteiger partial charge in [0, 0.05) is 23.6 Å². The number of nitrogens with zero attached hydrogens (tertiary/aromatic N) is 4. The summed E-state index contributed by atoms with van der Waals surface area (Å²) in [5.74, 6) is -0.503. The van der Waals surface area contributed by atoms with Gasteiger partial charge in [0.2, 0.25) is 0 Å². The van der Waals surface area contributed by atoms with Gasteiger partial charge in [-0.15, -0.1) is 5.10 Å². The quantitative estimate of drug-likeness (QED) is 0.445. The molecule has 2 aromatic carbocycles. The number of para-hydroxylation sites is 1. The van der Waals surface area contributed by atoms with Crippen molar-refractivity contribution in [2.45, 2.75) is 18.9 Å². The fourth-order valence-corrected chi connectivity index (χ4v) is 4.57. The molecule has 0 fully saturated rings. The highest BCUT2D eigenvalue weighted by atomic mass is 32.2. The maximum absolute atomic E-state index is 13.1. The molecule has 0 saturated carbocycles. The number of hydrogen-bond acceptors (Lipinski definition) is 8. The first-order valence-electron chi connectivity index (χ1n) is 10.6. The van der Waals surface area contributed by atoms with Gasteiger partial charge < -0.3 is 5.11 Å². The largest absolute Gasteiger partial charge is 0.375 e. The van der Waals surface area contributed by atoms with Crippen LogP contribution in [-0.4, -0.2) is 40.6 Å². The summed E-state index contributed by atoms with van der Waals surface area (Å²) in [6, 6.07) is 15.4. The van der Waals surface area contributed by atoms with E-state index in [1.807, 2.05) is 0 Å². The molecule has 1 amide bonds. The van der Waals surface area contributed by atoms with Crippen LogP contribution in [0.4, 0.5) is 11.4 Å². The highest BCUT2D eigenvalue weighted by molar-refractivity contribution is 7.86. The van der Waals surface area contributed by atoms with E-state index in [4.69, 9.17) is 4.28 Å². The molecule has 1 aliphatic rings. The molecule has 0 spiro atoms. The minimum absolute atomic E-state index is 0.162. The number of hydrogen-bond donors (Lipinski definition) is 1. The minimum Gasteiger partial charge on any atom is -0.375 e. The van der Waals surface area contributed by atoms with E-state index in [9.17, 15) is 23.1 Å². The lowest BCUT2D eigenvalue weighted by Gasteiger charge is -2.20. The third-order valence-electron chi connectivity index (χ3n) is 5.76. The monoisotopic (exact) mass is 492 g/mol. The Kier molecular flexibility index (Phi) is 5.18. The number of benzene rings is 2. The average Bonchev–Trinajstić information content (AvgIpc) is 3.02. The van der Waals surface area contributed by atoms with Crippen LogP contribution >= 0.6 is 0 Å². The van der Waals surface area contributed by atoms with Crippen molar-refractivity contribution in [3.05, 3.63) is 94.2 Å². The average molecular weight is 493 g/mol. The van der Waals surface area contributed by atoms with E-state index in [1.54, 1.807) is 60.8 Å². The smallest absolute Gasteiger partial charge is 0.325 e. The highest BCUT2D eigenvalue weighted by Crippen LogP contribution is 2.43. The molecule has 4 aromatic rings. The number of fused-ring (bicyclic) bond motifs is 2. The van der Waals surface area contributed by atoms with Crippen molar-refractivity contribution in [2.75, 3.05) is 11.2 Å². The van der Waals surface area contributed by atoms with E-state index in [-0.39, 0.29) is 11.8 Å². The zero-order chi connectivity index (χ0) is 25.0. The zero-order valence-electron chi connectivity index (χ0n) is 18.7. The summed E-state index contributed by atoms with van der Waals surface area (Å²) < 4.78 is 28.1. The van der Waals surface area contributed by atoms with Crippen molar-refractivity contribution < 1.29 is 22.6 Å². The van der Waals surface area contributed by atoms with E-state index in [1.165, 1.54) is 18.0 Å². The van der Waals surface area contributed by atoms with Gasteiger partial charge in [-0.05, 0) is 35.5 Å². The number of carbonyl (C=O) groups is 1. The van der Waals surface area contributed by atoms with Crippen LogP contribution in [0.5, 0.6) is 0 Å². The van der Waals surface area contributed by atoms with Crippen molar-refractivity contribution in [1.29, 1.82) is 0 Å². The van der Waals surface area contributed by atoms with Crippen LogP contribution in [-0.2, 0) is 26.9 Å². The van der Waals surface area contributed by atoms with Gasteiger partial charge in [-0.25, -0.2) is 0 Å². The fraction of sp³-hybridized carbons (Fsp3) is 0.167. The number of aliphatic hydroxyl groups is 1. The van der Waals surface area contributed by atoms with Crippen LogP contribution < -0.4 is 14.7 Å². The van der Waals surface area contributed by atoms with Crippen molar-refractivity contribution in [3.63, 3.8) is 0 Å². The van der Waals surface area contributed by atoms with Gasteiger partial charge in [-0.1, -0.05) is 36.4 Å². The predicted molar refractivity (Wildman–Crippen MR) is 128 cm³/mol. The van der Waals surface area contributed by atoms with Gasteiger partial charge in [0.1, 0.15) is 0 Å². The van der Waals surface area contributed by atoms with Crippen LogP contribution in [0.2, 0.25) is 0 Å². The second-order valence-electron chi connectivity index (χ2n) is 8.41. The Morgan fingerprint density at radius 1 is 1.03 bits per heavy atom. The molecule has 1 aliphatic heterocycles. The summed E-state index contributed by atoms with van der Waals surface area (Å²) >= 11 is 0. The molecule has 0 saturated heterocycles. The molecule has 178 valence electrons. The van der Waals surface area contributed by atoms with Crippen molar-refractivity contribution in [2.24, 2.45) is 0 Å². The van der Waals surface area contributed by atoms with E-state index in [0.717, 1.165) is 6.26 Å². The second kappa shape index (κ2) is 8.00. The van der Waals surface area contributed by atoms with Crippen LogP contribution in [0.3, 0.4) is 0 Å². The van der Waals surface area contributed by atoms with Crippen LogP contribution in [0.1, 0.15) is 23.7 Å².